The summed E-state index contributed by atoms with van der Waals surface area (Å²) in [6.07, 6.45) is 6.10. The SMILES string of the molecule is O=C(CSc1nnc(-c2cccnc2)n1C1CC1)N[C@H]1CCS(=O)(=O)C1. The van der Waals surface area contributed by atoms with Crippen LogP contribution in [0.15, 0.2) is 29.7 Å². The predicted molar refractivity (Wildman–Crippen MR) is 97.4 cm³/mol. The Hall–Kier alpha value is -1.94. The summed E-state index contributed by atoms with van der Waals surface area (Å²) in [6, 6.07) is 3.89. The first-order chi connectivity index (χ1) is 12.5. The summed E-state index contributed by atoms with van der Waals surface area (Å²) in [6.45, 7) is 0. The lowest BCUT2D eigenvalue weighted by Crippen LogP contribution is -2.36. The highest BCUT2D eigenvalue weighted by Gasteiger charge is 2.31. The molecule has 0 radical (unpaired) electrons. The number of rotatable bonds is 6. The van der Waals surface area contributed by atoms with E-state index in [1.54, 1.807) is 12.4 Å². The lowest BCUT2D eigenvalue weighted by atomic mass is 10.3. The summed E-state index contributed by atoms with van der Waals surface area (Å²) in [5.74, 6) is 0.965. The Bertz CT molecular complexity index is 909. The largest absolute Gasteiger partial charge is 0.352 e. The Balaban J connectivity index is 1.42. The lowest BCUT2D eigenvalue weighted by molar-refractivity contribution is -0.119. The molecule has 0 unspecified atom stereocenters. The van der Waals surface area contributed by atoms with Gasteiger partial charge in [0.15, 0.2) is 20.8 Å². The van der Waals surface area contributed by atoms with E-state index in [-0.39, 0.29) is 29.2 Å². The number of nitrogens with zero attached hydrogens (tertiary/aromatic N) is 4. The van der Waals surface area contributed by atoms with E-state index in [2.05, 4.69) is 25.1 Å². The van der Waals surface area contributed by atoms with Crippen molar-refractivity contribution < 1.29 is 13.2 Å². The number of aromatic nitrogens is 4. The van der Waals surface area contributed by atoms with Crippen LogP contribution in [0.2, 0.25) is 0 Å². The average molecular weight is 393 g/mol. The number of amides is 1. The van der Waals surface area contributed by atoms with E-state index in [0.29, 0.717) is 17.6 Å². The van der Waals surface area contributed by atoms with Gasteiger partial charge in [-0.3, -0.25) is 14.3 Å². The molecule has 2 aromatic heterocycles. The van der Waals surface area contributed by atoms with Crippen LogP contribution in [0.25, 0.3) is 11.4 Å². The van der Waals surface area contributed by atoms with Gasteiger partial charge in [0.05, 0.1) is 17.3 Å². The molecule has 26 heavy (non-hydrogen) atoms. The van der Waals surface area contributed by atoms with Gasteiger partial charge in [-0.05, 0) is 31.4 Å². The molecule has 1 aliphatic carbocycles. The Morgan fingerprint density at radius 3 is 2.81 bits per heavy atom. The summed E-state index contributed by atoms with van der Waals surface area (Å²) < 4.78 is 25.0. The average Bonchev–Trinajstić information content (AvgIpc) is 3.28. The zero-order chi connectivity index (χ0) is 18.1. The molecule has 1 amide bonds. The lowest BCUT2D eigenvalue weighted by Gasteiger charge is -2.11. The maximum atomic E-state index is 12.2. The van der Waals surface area contributed by atoms with E-state index in [4.69, 9.17) is 0 Å². The Morgan fingerprint density at radius 2 is 2.15 bits per heavy atom. The number of pyridine rings is 1. The Kier molecular flexibility index (Phi) is 4.70. The fourth-order valence-corrected chi connectivity index (χ4v) is 5.53. The smallest absolute Gasteiger partial charge is 0.230 e. The van der Waals surface area contributed by atoms with Crippen LogP contribution in [-0.4, -0.2) is 57.4 Å². The fourth-order valence-electron chi connectivity index (χ4n) is 3.04. The summed E-state index contributed by atoms with van der Waals surface area (Å²) in [5.41, 5.74) is 0.902. The predicted octanol–water partition coefficient (Wildman–Crippen LogP) is 1.07. The van der Waals surface area contributed by atoms with Gasteiger partial charge in [0.2, 0.25) is 5.91 Å². The van der Waals surface area contributed by atoms with Crippen molar-refractivity contribution in [2.24, 2.45) is 0 Å². The minimum atomic E-state index is -3.00. The van der Waals surface area contributed by atoms with Crippen LogP contribution in [-0.2, 0) is 14.6 Å². The summed E-state index contributed by atoms with van der Waals surface area (Å²) in [7, 11) is -3.00. The summed E-state index contributed by atoms with van der Waals surface area (Å²) in [4.78, 5) is 16.3. The summed E-state index contributed by atoms with van der Waals surface area (Å²) >= 11 is 1.33. The number of carbonyl (C=O) groups excluding carboxylic acids is 1. The molecule has 1 aliphatic heterocycles. The normalized spacial score (nSPS) is 21.6. The molecule has 4 rings (SSSR count). The molecule has 1 N–H and O–H groups in total. The molecule has 0 bridgehead atoms. The van der Waals surface area contributed by atoms with Crippen molar-refractivity contribution in [2.45, 2.75) is 36.5 Å². The number of nitrogens with one attached hydrogen (secondary N) is 1. The number of hydrogen-bond acceptors (Lipinski definition) is 7. The topological polar surface area (TPSA) is 107 Å². The maximum absolute atomic E-state index is 12.2. The van der Waals surface area contributed by atoms with Crippen molar-refractivity contribution in [3.8, 4) is 11.4 Å². The van der Waals surface area contributed by atoms with Crippen molar-refractivity contribution in [3.05, 3.63) is 24.5 Å². The van der Waals surface area contributed by atoms with Gasteiger partial charge < -0.3 is 5.32 Å². The minimum absolute atomic E-state index is 0.0345. The third-order valence-electron chi connectivity index (χ3n) is 4.43. The highest BCUT2D eigenvalue weighted by atomic mass is 32.2. The molecule has 8 nitrogen and oxygen atoms in total. The molecule has 2 aromatic rings. The van der Waals surface area contributed by atoms with E-state index in [0.717, 1.165) is 24.2 Å². The van der Waals surface area contributed by atoms with E-state index in [9.17, 15) is 13.2 Å². The van der Waals surface area contributed by atoms with Crippen molar-refractivity contribution in [1.82, 2.24) is 25.1 Å². The first-order valence-electron chi connectivity index (χ1n) is 8.50. The van der Waals surface area contributed by atoms with Gasteiger partial charge in [-0.25, -0.2) is 8.42 Å². The highest BCUT2D eigenvalue weighted by Crippen LogP contribution is 2.40. The van der Waals surface area contributed by atoms with E-state index in [1.165, 1.54) is 11.8 Å². The second kappa shape index (κ2) is 6.99. The zero-order valence-corrected chi connectivity index (χ0v) is 15.7. The Labute approximate surface area is 155 Å². The molecule has 0 spiro atoms. The molecule has 10 heteroatoms. The molecular formula is C16H19N5O3S2. The van der Waals surface area contributed by atoms with Gasteiger partial charge in [0.25, 0.3) is 0 Å². The van der Waals surface area contributed by atoms with Crippen LogP contribution in [0.4, 0.5) is 0 Å². The van der Waals surface area contributed by atoms with Gasteiger partial charge >= 0.3 is 0 Å². The second-order valence-electron chi connectivity index (χ2n) is 6.61. The molecular weight excluding hydrogens is 374 g/mol. The van der Waals surface area contributed by atoms with E-state index < -0.39 is 9.84 Å². The van der Waals surface area contributed by atoms with Crippen molar-refractivity contribution in [2.75, 3.05) is 17.3 Å². The monoisotopic (exact) mass is 393 g/mol. The third kappa shape index (κ3) is 3.90. The fraction of sp³-hybridized carbons (Fsp3) is 0.500. The summed E-state index contributed by atoms with van der Waals surface area (Å²) in [5, 5.41) is 12.1. The first kappa shape index (κ1) is 17.5. The van der Waals surface area contributed by atoms with Crippen molar-refractivity contribution in [3.63, 3.8) is 0 Å². The molecule has 1 atom stereocenters. The van der Waals surface area contributed by atoms with Crippen molar-refractivity contribution in [1.29, 1.82) is 0 Å². The molecule has 3 heterocycles. The second-order valence-corrected chi connectivity index (χ2v) is 9.78. The number of thioether (sulfide) groups is 1. The third-order valence-corrected chi connectivity index (χ3v) is 7.14. The molecule has 2 aliphatic rings. The van der Waals surface area contributed by atoms with E-state index >= 15 is 0 Å². The van der Waals surface area contributed by atoms with E-state index in [1.807, 2.05) is 12.1 Å². The number of hydrogen-bond donors (Lipinski definition) is 1. The van der Waals surface area contributed by atoms with Crippen LogP contribution < -0.4 is 5.32 Å². The number of carbonyl (C=O) groups is 1. The standard InChI is InChI=1S/C16H19N5O3S2/c22-14(18-12-5-7-26(23,24)10-12)9-25-16-20-19-15(21(16)13-3-4-13)11-2-1-6-17-8-11/h1-2,6,8,12-13H,3-5,7,9-10H2,(H,18,22)/t12-/m0/s1. The quantitative estimate of drug-likeness (QED) is 0.732. The van der Waals surface area contributed by atoms with Gasteiger partial charge in [0.1, 0.15) is 0 Å². The zero-order valence-electron chi connectivity index (χ0n) is 14.0. The van der Waals surface area contributed by atoms with Crippen LogP contribution >= 0.6 is 11.8 Å². The van der Waals surface area contributed by atoms with Crippen LogP contribution in [0.5, 0.6) is 0 Å². The van der Waals surface area contributed by atoms with Crippen LogP contribution in [0.3, 0.4) is 0 Å². The van der Waals surface area contributed by atoms with Gasteiger partial charge in [0, 0.05) is 30.0 Å². The van der Waals surface area contributed by atoms with Crippen LogP contribution in [0, 0.1) is 0 Å². The first-order valence-corrected chi connectivity index (χ1v) is 11.3. The van der Waals surface area contributed by atoms with Gasteiger partial charge in [-0.15, -0.1) is 10.2 Å². The highest BCUT2D eigenvalue weighted by molar-refractivity contribution is 7.99. The maximum Gasteiger partial charge on any atom is 0.230 e. The van der Waals surface area contributed by atoms with Gasteiger partial charge in [-0.1, -0.05) is 11.8 Å². The van der Waals surface area contributed by atoms with Crippen LogP contribution in [0.1, 0.15) is 25.3 Å². The molecule has 1 saturated carbocycles. The molecule has 2 fully saturated rings. The molecule has 138 valence electrons. The molecule has 0 aromatic carbocycles. The minimum Gasteiger partial charge on any atom is -0.352 e. The van der Waals surface area contributed by atoms with Crippen molar-refractivity contribution >= 4 is 27.5 Å². The molecule has 1 saturated heterocycles. The number of sulfone groups is 1. The Morgan fingerprint density at radius 1 is 1.31 bits per heavy atom. The van der Waals surface area contributed by atoms with Gasteiger partial charge in [-0.2, -0.15) is 0 Å².